The molecule has 0 N–H and O–H groups in total. The van der Waals surface area contributed by atoms with Gasteiger partial charge in [0.1, 0.15) is 21.7 Å². The van der Waals surface area contributed by atoms with E-state index in [0.717, 1.165) is 21.6 Å². The van der Waals surface area contributed by atoms with Crippen molar-refractivity contribution in [3.05, 3.63) is 28.2 Å². The Balaban J connectivity index is 2.08. The summed E-state index contributed by atoms with van der Waals surface area (Å²) in [5.74, 6) is 0.872. The van der Waals surface area contributed by atoms with E-state index in [4.69, 9.17) is 4.74 Å². The van der Waals surface area contributed by atoms with Gasteiger partial charge in [0.25, 0.3) is 0 Å². The smallest absolute Gasteiger partial charge is 0.141 e. The molecule has 4 nitrogen and oxygen atoms in total. The standard InChI is InChI=1S/C11H14IN3O/c1-14(2)5-6-16-9-3-4-15-10(12)8-13-11(15)7-9/h3-4,7-8H,5-6H2,1-2H3. The molecule has 0 saturated carbocycles. The largest absolute Gasteiger partial charge is 0.492 e. The fourth-order valence-corrected chi connectivity index (χ4v) is 1.91. The first-order valence-corrected chi connectivity index (χ1v) is 6.15. The maximum absolute atomic E-state index is 5.64. The second-order valence-corrected chi connectivity index (χ2v) is 4.93. The predicted octanol–water partition coefficient (Wildman–Crippen LogP) is 1.88. The minimum Gasteiger partial charge on any atom is -0.492 e. The molecule has 0 spiro atoms. The summed E-state index contributed by atoms with van der Waals surface area (Å²) in [5.41, 5.74) is 0.923. The molecule has 5 heteroatoms. The van der Waals surface area contributed by atoms with Crippen molar-refractivity contribution in [2.45, 2.75) is 0 Å². The fraction of sp³-hybridized carbons (Fsp3) is 0.364. The lowest BCUT2D eigenvalue weighted by atomic mass is 10.4. The molecule has 0 fully saturated rings. The van der Waals surface area contributed by atoms with Gasteiger partial charge in [-0.05, 0) is 42.8 Å². The predicted molar refractivity (Wildman–Crippen MR) is 72.0 cm³/mol. The maximum Gasteiger partial charge on any atom is 0.141 e. The molecule has 0 aliphatic heterocycles. The van der Waals surface area contributed by atoms with E-state index in [9.17, 15) is 0 Å². The summed E-state index contributed by atoms with van der Waals surface area (Å²) in [5, 5.41) is 0. The number of hydrogen-bond donors (Lipinski definition) is 0. The van der Waals surface area contributed by atoms with Crippen molar-refractivity contribution in [3.63, 3.8) is 0 Å². The van der Waals surface area contributed by atoms with Crippen LogP contribution in [-0.4, -0.2) is 41.5 Å². The van der Waals surface area contributed by atoms with Crippen LogP contribution in [0, 0.1) is 3.70 Å². The molecule has 16 heavy (non-hydrogen) atoms. The first-order chi connectivity index (χ1) is 7.66. The summed E-state index contributed by atoms with van der Waals surface area (Å²) in [6.07, 6.45) is 3.83. The van der Waals surface area contributed by atoms with Gasteiger partial charge in [-0.2, -0.15) is 0 Å². The zero-order chi connectivity index (χ0) is 11.5. The highest BCUT2D eigenvalue weighted by atomic mass is 127. The Kier molecular flexibility index (Phi) is 3.65. The first-order valence-electron chi connectivity index (χ1n) is 5.07. The van der Waals surface area contributed by atoms with Gasteiger partial charge in [0.05, 0.1) is 6.20 Å². The second kappa shape index (κ2) is 5.01. The molecule has 0 saturated heterocycles. The number of likely N-dealkylation sites (N-methyl/N-ethyl adjacent to an activating group) is 1. The lowest BCUT2D eigenvalue weighted by molar-refractivity contribution is 0.261. The maximum atomic E-state index is 5.64. The van der Waals surface area contributed by atoms with Crippen LogP contribution in [0.4, 0.5) is 0 Å². The van der Waals surface area contributed by atoms with E-state index in [1.54, 1.807) is 0 Å². The van der Waals surface area contributed by atoms with E-state index in [1.807, 2.05) is 43.0 Å². The molecule has 2 heterocycles. The van der Waals surface area contributed by atoms with Gasteiger partial charge >= 0.3 is 0 Å². The number of ether oxygens (including phenoxy) is 1. The van der Waals surface area contributed by atoms with Crippen LogP contribution in [0.5, 0.6) is 5.75 Å². The summed E-state index contributed by atoms with van der Waals surface area (Å²) in [7, 11) is 4.06. The summed E-state index contributed by atoms with van der Waals surface area (Å²) in [6, 6.07) is 3.92. The number of pyridine rings is 1. The minimum atomic E-state index is 0.695. The highest BCUT2D eigenvalue weighted by molar-refractivity contribution is 14.1. The normalized spacial score (nSPS) is 11.2. The van der Waals surface area contributed by atoms with E-state index in [-0.39, 0.29) is 0 Å². The molecule has 0 atom stereocenters. The van der Waals surface area contributed by atoms with Gasteiger partial charge < -0.3 is 9.64 Å². The van der Waals surface area contributed by atoms with Crippen LogP contribution < -0.4 is 4.74 Å². The highest BCUT2D eigenvalue weighted by Crippen LogP contribution is 2.16. The Morgan fingerprint density at radius 2 is 2.31 bits per heavy atom. The Hall–Kier alpha value is -0.820. The molecule has 0 aliphatic carbocycles. The van der Waals surface area contributed by atoms with Crippen LogP contribution in [0.15, 0.2) is 24.5 Å². The van der Waals surface area contributed by atoms with E-state index in [1.165, 1.54) is 0 Å². The molecule has 0 radical (unpaired) electrons. The molecule has 2 aromatic heterocycles. The number of aromatic nitrogens is 2. The van der Waals surface area contributed by atoms with Crippen molar-refractivity contribution >= 4 is 28.2 Å². The summed E-state index contributed by atoms with van der Waals surface area (Å²) in [6.45, 7) is 1.61. The van der Waals surface area contributed by atoms with Crippen LogP contribution >= 0.6 is 22.6 Å². The summed E-state index contributed by atoms with van der Waals surface area (Å²) in [4.78, 5) is 6.38. The monoisotopic (exact) mass is 331 g/mol. The van der Waals surface area contributed by atoms with Gasteiger partial charge in [-0.1, -0.05) is 0 Å². The van der Waals surface area contributed by atoms with Gasteiger partial charge in [-0.3, -0.25) is 4.40 Å². The molecule has 2 aromatic rings. The second-order valence-electron chi connectivity index (χ2n) is 3.82. The Labute approximate surface area is 108 Å². The molecular formula is C11H14IN3O. The van der Waals surface area contributed by atoms with Gasteiger partial charge in [0.15, 0.2) is 0 Å². The number of nitrogens with zero attached hydrogens (tertiary/aromatic N) is 3. The number of rotatable bonds is 4. The number of imidazole rings is 1. The number of fused-ring (bicyclic) bond motifs is 1. The van der Waals surface area contributed by atoms with Crippen molar-refractivity contribution in [2.24, 2.45) is 0 Å². The van der Waals surface area contributed by atoms with E-state index < -0.39 is 0 Å². The third-order valence-electron chi connectivity index (χ3n) is 2.25. The average molecular weight is 331 g/mol. The molecule has 0 aromatic carbocycles. The highest BCUT2D eigenvalue weighted by Gasteiger charge is 2.01. The summed E-state index contributed by atoms with van der Waals surface area (Å²) >= 11 is 2.26. The third-order valence-corrected chi connectivity index (χ3v) is 3.05. The molecule has 0 aliphatic rings. The topological polar surface area (TPSA) is 29.8 Å². The molecular weight excluding hydrogens is 317 g/mol. The zero-order valence-corrected chi connectivity index (χ0v) is 11.5. The third kappa shape index (κ3) is 2.65. The van der Waals surface area contributed by atoms with Gasteiger partial charge in [-0.15, -0.1) is 0 Å². The molecule has 0 unspecified atom stereocenters. The first kappa shape index (κ1) is 11.7. The molecule has 0 bridgehead atoms. The average Bonchev–Trinajstić information content (AvgIpc) is 2.60. The Morgan fingerprint density at radius 1 is 1.50 bits per heavy atom. The van der Waals surface area contributed by atoms with Gasteiger partial charge in [0.2, 0.25) is 0 Å². The fourth-order valence-electron chi connectivity index (χ4n) is 1.37. The van der Waals surface area contributed by atoms with E-state index in [0.29, 0.717) is 6.61 Å². The van der Waals surface area contributed by atoms with Crippen molar-refractivity contribution in [1.82, 2.24) is 14.3 Å². The molecule has 2 rings (SSSR count). The molecule has 0 amide bonds. The van der Waals surface area contributed by atoms with Crippen molar-refractivity contribution in [1.29, 1.82) is 0 Å². The van der Waals surface area contributed by atoms with E-state index >= 15 is 0 Å². The van der Waals surface area contributed by atoms with Crippen molar-refractivity contribution in [3.8, 4) is 5.75 Å². The van der Waals surface area contributed by atoms with Gasteiger partial charge in [-0.25, -0.2) is 4.98 Å². The zero-order valence-electron chi connectivity index (χ0n) is 9.35. The Bertz CT molecular complexity index is 481. The van der Waals surface area contributed by atoms with Gasteiger partial charge in [0, 0.05) is 18.8 Å². The van der Waals surface area contributed by atoms with Crippen molar-refractivity contribution < 1.29 is 4.74 Å². The SMILES string of the molecule is CN(C)CCOc1ccn2c(I)cnc2c1. The van der Waals surface area contributed by atoms with Crippen LogP contribution in [0.1, 0.15) is 0 Å². The quantitative estimate of drug-likeness (QED) is 0.802. The minimum absolute atomic E-state index is 0.695. The van der Waals surface area contributed by atoms with Crippen LogP contribution in [0.3, 0.4) is 0 Å². The number of hydrogen-bond acceptors (Lipinski definition) is 3. The lowest BCUT2D eigenvalue weighted by Crippen LogP contribution is -2.19. The van der Waals surface area contributed by atoms with E-state index in [2.05, 4.69) is 32.5 Å². The van der Waals surface area contributed by atoms with Crippen LogP contribution in [-0.2, 0) is 0 Å². The van der Waals surface area contributed by atoms with Crippen LogP contribution in [0.2, 0.25) is 0 Å². The van der Waals surface area contributed by atoms with Crippen molar-refractivity contribution in [2.75, 3.05) is 27.2 Å². The molecule has 86 valence electrons. The number of halogens is 1. The summed E-state index contributed by atoms with van der Waals surface area (Å²) < 4.78 is 8.77. The Morgan fingerprint density at radius 3 is 3.06 bits per heavy atom. The lowest BCUT2D eigenvalue weighted by Gasteiger charge is -2.10. The van der Waals surface area contributed by atoms with Crippen LogP contribution in [0.25, 0.3) is 5.65 Å².